The Labute approximate surface area is 156 Å². The first-order valence-electron chi connectivity index (χ1n) is 8.45. The summed E-state index contributed by atoms with van der Waals surface area (Å²) < 4.78 is 15.2. The molecule has 1 aliphatic rings. The van der Waals surface area contributed by atoms with Crippen LogP contribution in [0.4, 0.5) is 5.00 Å². The van der Waals surface area contributed by atoms with E-state index in [1.54, 1.807) is 6.92 Å². The van der Waals surface area contributed by atoms with Gasteiger partial charge in [-0.05, 0) is 43.6 Å². The first-order valence-corrected chi connectivity index (χ1v) is 9.33. The van der Waals surface area contributed by atoms with Gasteiger partial charge >= 0.3 is 11.9 Å². The average molecular weight is 381 g/mol. The van der Waals surface area contributed by atoms with Crippen molar-refractivity contribution in [3.05, 3.63) is 29.2 Å². The number of hydrogen-bond acceptors (Lipinski definition) is 7. The second-order valence-corrected chi connectivity index (χ2v) is 6.69. The van der Waals surface area contributed by atoms with Crippen molar-refractivity contribution >= 4 is 34.2 Å². The summed E-state index contributed by atoms with van der Waals surface area (Å²) in [7, 11) is 0. The maximum Gasteiger partial charge on any atom is 0.341 e. The van der Waals surface area contributed by atoms with Crippen LogP contribution in [-0.2, 0) is 23.8 Å². The van der Waals surface area contributed by atoms with Crippen LogP contribution in [0.3, 0.4) is 0 Å². The molecule has 0 saturated heterocycles. The second-order valence-electron chi connectivity index (χ2n) is 5.81. The van der Waals surface area contributed by atoms with Gasteiger partial charge in [-0.15, -0.1) is 17.9 Å². The summed E-state index contributed by atoms with van der Waals surface area (Å²) in [5.74, 6) is -1.27. The van der Waals surface area contributed by atoms with Gasteiger partial charge in [-0.2, -0.15) is 0 Å². The Balaban J connectivity index is 1.95. The number of hydrogen-bond donors (Lipinski definition) is 1. The SMILES string of the molecule is C=CCOC(C)C(=O)OCC(=O)Nc1scc(C2CC2)c1C(=O)OCC. The van der Waals surface area contributed by atoms with Gasteiger partial charge in [0.1, 0.15) is 5.00 Å². The maximum absolute atomic E-state index is 12.2. The highest BCUT2D eigenvalue weighted by Crippen LogP contribution is 2.46. The number of esters is 2. The molecule has 1 N–H and O–H groups in total. The first kappa shape index (κ1) is 20.1. The van der Waals surface area contributed by atoms with Gasteiger partial charge in [-0.25, -0.2) is 9.59 Å². The lowest BCUT2D eigenvalue weighted by atomic mass is 10.1. The summed E-state index contributed by atoms with van der Waals surface area (Å²) >= 11 is 1.27. The van der Waals surface area contributed by atoms with Crippen molar-refractivity contribution in [1.82, 2.24) is 0 Å². The van der Waals surface area contributed by atoms with E-state index in [1.807, 2.05) is 5.38 Å². The highest BCUT2D eigenvalue weighted by atomic mass is 32.1. The average Bonchev–Trinajstić information content (AvgIpc) is 3.38. The molecule has 1 aliphatic carbocycles. The van der Waals surface area contributed by atoms with Gasteiger partial charge in [0.05, 0.1) is 18.8 Å². The molecule has 1 atom stereocenters. The van der Waals surface area contributed by atoms with E-state index >= 15 is 0 Å². The zero-order valence-corrected chi connectivity index (χ0v) is 15.7. The fraction of sp³-hybridized carbons (Fsp3) is 0.500. The molecule has 1 aromatic heterocycles. The van der Waals surface area contributed by atoms with Crippen LogP contribution in [0.25, 0.3) is 0 Å². The van der Waals surface area contributed by atoms with E-state index in [9.17, 15) is 14.4 Å². The van der Waals surface area contributed by atoms with E-state index in [-0.39, 0.29) is 13.2 Å². The molecule has 0 spiro atoms. The van der Waals surface area contributed by atoms with Gasteiger partial charge in [-0.3, -0.25) is 4.79 Å². The zero-order chi connectivity index (χ0) is 19.1. The quantitative estimate of drug-likeness (QED) is 0.495. The molecular weight excluding hydrogens is 358 g/mol. The van der Waals surface area contributed by atoms with E-state index in [1.165, 1.54) is 24.3 Å². The molecule has 1 unspecified atom stereocenters. The Morgan fingerprint density at radius 2 is 2.12 bits per heavy atom. The van der Waals surface area contributed by atoms with Crippen molar-refractivity contribution in [2.24, 2.45) is 0 Å². The monoisotopic (exact) mass is 381 g/mol. The molecule has 142 valence electrons. The van der Waals surface area contributed by atoms with Crippen molar-refractivity contribution in [3.8, 4) is 0 Å². The third-order valence-corrected chi connectivity index (χ3v) is 4.62. The molecule has 0 bridgehead atoms. The lowest BCUT2D eigenvalue weighted by Gasteiger charge is -2.12. The summed E-state index contributed by atoms with van der Waals surface area (Å²) in [5.41, 5.74) is 1.31. The van der Waals surface area contributed by atoms with Crippen molar-refractivity contribution in [2.45, 2.75) is 38.7 Å². The van der Waals surface area contributed by atoms with Gasteiger partial charge in [0, 0.05) is 0 Å². The zero-order valence-electron chi connectivity index (χ0n) is 14.9. The molecule has 1 heterocycles. The number of ether oxygens (including phenoxy) is 3. The minimum absolute atomic E-state index is 0.213. The molecule has 0 aliphatic heterocycles. The number of thiophene rings is 1. The van der Waals surface area contributed by atoms with Crippen molar-refractivity contribution in [2.75, 3.05) is 25.1 Å². The van der Waals surface area contributed by atoms with Gasteiger partial charge in [0.15, 0.2) is 12.7 Å². The predicted molar refractivity (Wildman–Crippen MR) is 97.5 cm³/mol. The number of carbonyl (C=O) groups is 3. The topological polar surface area (TPSA) is 90.9 Å². The highest BCUT2D eigenvalue weighted by Gasteiger charge is 2.32. The van der Waals surface area contributed by atoms with E-state index in [2.05, 4.69) is 11.9 Å². The van der Waals surface area contributed by atoms with Crippen molar-refractivity contribution in [1.29, 1.82) is 0 Å². The summed E-state index contributed by atoms with van der Waals surface area (Å²) in [6.07, 6.45) is 2.77. The van der Waals surface area contributed by atoms with Crippen LogP contribution in [0.5, 0.6) is 0 Å². The smallest absolute Gasteiger partial charge is 0.341 e. The lowest BCUT2D eigenvalue weighted by Crippen LogP contribution is -2.28. The summed E-state index contributed by atoms with van der Waals surface area (Å²) in [6, 6.07) is 0. The molecule has 2 rings (SSSR count). The Morgan fingerprint density at radius 3 is 2.73 bits per heavy atom. The van der Waals surface area contributed by atoms with Gasteiger partial charge in [0.25, 0.3) is 5.91 Å². The third kappa shape index (κ3) is 5.40. The van der Waals surface area contributed by atoms with E-state index in [4.69, 9.17) is 14.2 Å². The fourth-order valence-corrected chi connectivity index (χ4v) is 3.32. The lowest BCUT2D eigenvalue weighted by molar-refractivity contribution is -0.157. The molecule has 1 amide bonds. The molecule has 1 saturated carbocycles. The molecule has 0 radical (unpaired) electrons. The largest absolute Gasteiger partial charge is 0.462 e. The van der Waals surface area contributed by atoms with Crippen LogP contribution in [0.15, 0.2) is 18.0 Å². The second kappa shape index (κ2) is 9.49. The normalized spacial score (nSPS) is 14.4. The number of amides is 1. The number of carbonyl (C=O) groups excluding carboxylic acids is 3. The molecule has 0 aromatic carbocycles. The van der Waals surface area contributed by atoms with E-state index in [0.717, 1.165) is 18.4 Å². The fourth-order valence-electron chi connectivity index (χ4n) is 2.27. The summed E-state index contributed by atoms with van der Waals surface area (Å²) in [5, 5.41) is 4.93. The predicted octanol–water partition coefficient (Wildman–Crippen LogP) is 2.88. The Kier molecular flexibility index (Phi) is 7.35. The van der Waals surface area contributed by atoms with Gasteiger partial charge in [-0.1, -0.05) is 6.08 Å². The van der Waals surface area contributed by atoms with Gasteiger partial charge < -0.3 is 19.5 Å². The molecule has 1 fully saturated rings. The Hall–Kier alpha value is -2.19. The van der Waals surface area contributed by atoms with Crippen LogP contribution in [0.2, 0.25) is 0 Å². The molecule has 26 heavy (non-hydrogen) atoms. The minimum Gasteiger partial charge on any atom is -0.462 e. The summed E-state index contributed by atoms with van der Waals surface area (Å²) in [6.45, 7) is 6.76. The first-order chi connectivity index (χ1) is 12.5. The number of rotatable bonds is 10. The van der Waals surface area contributed by atoms with Crippen LogP contribution < -0.4 is 5.32 Å². The summed E-state index contributed by atoms with van der Waals surface area (Å²) in [4.78, 5) is 36.1. The van der Waals surface area contributed by atoms with Gasteiger partial charge in [0.2, 0.25) is 0 Å². The highest BCUT2D eigenvalue weighted by molar-refractivity contribution is 7.15. The molecule has 8 heteroatoms. The minimum atomic E-state index is -0.793. The third-order valence-electron chi connectivity index (χ3n) is 3.71. The number of nitrogens with one attached hydrogen (secondary N) is 1. The molecular formula is C18H23NO6S. The maximum atomic E-state index is 12.2. The molecule has 1 aromatic rings. The van der Waals surface area contributed by atoms with Crippen molar-refractivity contribution < 1.29 is 28.6 Å². The Bertz CT molecular complexity index is 679. The standard InChI is InChI=1S/C18H23NO6S/c1-4-8-24-11(3)17(21)25-9-14(20)19-16-15(18(22)23-5-2)13(10-26-16)12-6-7-12/h4,10-12H,1,5-9H2,2-3H3,(H,19,20). The van der Waals surface area contributed by atoms with E-state index < -0.39 is 30.6 Å². The number of anilines is 1. The van der Waals surface area contributed by atoms with Crippen LogP contribution in [0, 0.1) is 0 Å². The van der Waals surface area contributed by atoms with Crippen LogP contribution >= 0.6 is 11.3 Å². The van der Waals surface area contributed by atoms with Crippen molar-refractivity contribution in [3.63, 3.8) is 0 Å². The van der Waals surface area contributed by atoms with Crippen LogP contribution in [-0.4, -0.2) is 43.8 Å². The van der Waals surface area contributed by atoms with Crippen LogP contribution in [0.1, 0.15) is 48.5 Å². The molecule has 7 nitrogen and oxygen atoms in total. The Morgan fingerprint density at radius 1 is 1.38 bits per heavy atom. The van der Waals surface area contributed by atoms with E-state index in [0.29, 0.717) is 16.5 Å².